The van der Waals surface area contributed by atoms with Gasteiger partial charge < -0.3 is 9.57 Å². The number of oxime groups is 1. The average Bonchev–Trinajstić information content (AvgIpc) is 3.42. The van der Waals surface area contributed by atoms with Crippen LogP contribution in [0.15, 0.2) is 78.0 Å². The average molecular weight is 524 g/mol. The fourth-order valence-corrected chi connectivity index (χ4v) is 5.74. The number of ketones is 1. The number of hydrogen-bond acceptors (Lipinski definition) is 5. The Balaban J connectivity index is 1.47. The van der Waals surface area contributed by atoms with Crippen molar-refractivity contribution in [2.24, 2.45) is 5.16 Å². The fraction of sp³-hybridized carbons (Fsp3) is 0.382. The van der Waals surface area contributed by atoms with Gasteiger partial charge in [-0.3, -0.25) is 4.79 Å². The van der Waals surface area contributed by atoms with Crippen molar-refractivity contribution in [3.05, 3.63) is 106 Å². The quantitative estimate of drug-likeness (QED) is 0.247. The molecule has 0 aromatic heterocycles. The van der Waals surface area contributed by atoms with E-state index in [-0.39, 0.29) is 17.1 Å². The molecule has 202 valence electrons. The second kappa shape index (κ2) is 11.2. The van der Waals surface area contributed by atoms with Crippen molar-refractivity contribution in [2.45, 2.75) is 76.2 Å². The van der Waals surface area contributed by atoms with Gasteiger partial charge in [-0.1, -0.05) is 106 Å². The third-order valence-electron chi connectivity index (χ3n) is 8.13. The van der Waals surface area contributed by atoms with Gasteiger partial charge in [-0.25, -0.2) is 4.79 Å². The number of Topliss-reactive ketones (excluding diaryl/α,β-unsaturated/α-hetero) is 1. The Kier molecular flexibility index (Phi) is 7.69. The third-order valence-corrected chi connectivity index (χ3v) is 8.13. The molecule has 0 amide bonds. The van der Waals surface area contributed by atoms with Crippen LogP contribution in [0, 0.1) is 0 Å². The van der Waals surface area contributed by atoms with E-state index in [4.69, 9.17) is 9.57 Å². The predicted octanol–water partition coefficient (Wildman–Crippen LogP) is 7.59. The molecule has 5 rings (SSSR count). The maximum absolute atomic E-state index is 13.8. The van der Waals surface area contributed by atoms with Gasteiger partial charge in [0.05, 0.1) is 24.3 Å². The number of benzene rings is 3. The summed E-state index contributed by atoms with van der Waals surface area (Å²) in [7, 11) is 1.36. The van der Waals surface area contributed by atoms with Crippen molar-refractivity contribution in [2.75, 3.05) is 7.11 Å². The molecule has 5 nitrogen and oxygen atoms in total. The lowest BCUT2D eigenvalue weighted by atomic mass is 9.80. The molecule has 1 aliphatic heterocycles. The summed E-state index contributed by atoms with van der Waals surface area (Å²) in [5, 5.41) is 4.44. The molecule has 1 saturated carbocycles. The molecule has 2 aliphatic rings. The topological polar surface area (TPSA) is 65.0 Å². The molecule has 5 heteroatoms. The first-order chi connectivity index (χ1) is 18.8. The number of nitrogens with zero attached hydrogens (tertiary/aromatic N) is 1. The fourth-order valence-electron chi connectivity index (χ4n) is 5.74. The third kappa shape index (κ3) is 5.68. The van der Waals surface area contributed by atoms with Crippen molar-refractivity contribution >= 4 is 17.5 Å². The highest BCUT2D eigenvalue weighted by atomic mass is 16.6. The molecule has 0 spiro atoms. The van der Waals surface area contributed by atoms with E-state index in [1.54, 1.807) is 12.1 Å². The van der Waals surface area contributed by atoms with Crippen LogP contribution in [0.1, 0.15) is 108 Å². The number of hydrogen-bond donors (Lipinski definition) is 0. The van der Waals surface area contributed by atoms with Gasteiger partial charge in [-0.05, 0) is 53.0 Å². The Hall–Kier alpha value is -3.73. The second-order valence-corrected chi connectivity index (χ2v) is 11.7. The van der Waals surface area contributed by atoms with Crippen LogP contribution in [0.2, 0.25) is 0 Å². The predicted molar refractivity (Wildman–Crippen MR) is 154 cm³/mol. The summed E-state index contributed by atoms with van der Waals surface area (Å²) in [6.07, 6.45) is 5.58. The van der Waals surface area contributed by atoms with E-state index in [1.165, 1.54) is 50.3 Å². The van der Waals surface area contributed by atoms with Crippen LogP contribution in [0.4, 0.5) is 0 Å². The molecule has 1 aliphatic carbocycles. The maximum atomic E-state index is 13.8. The van der Waals surface area contributed by atoms with Gasteiger partial charge in [0.1, 0.15) is 0 Å². The summed E-state index contributed by atoms with van der Waals surface area (Å²) < 4.78 is 4.84. The minimum atomic E-state index is -0.777. The van der Waals surface area contributed by atoms with Crippen LogP contribution >= 0.6 is 0 Å². The Labute approximate surface area is 231 Å². The lowest BCUT2D eigenvalue weighted by Crippen LogP contribution is -2.30. The van der Waals surface area contributed by atoms with Gasteiger partial charge in [-0.15, -0.1) is 0 Å². The Bertz CT molecular complexity index is 1340. The molecule has 0 saturated heterocycles. The molecule has 3 aromatic carbocycles. The minimum Gasteiger partial charge on any atom is -0.465 e. The summed E-state index contributed by atoms with van der Waals surface area (Å²) in [5.41, 5.74) is 6.08. The number of rotatable bonds is 6. The molecular formula is C34H37NO4. The van der Waals surface area contributed by atoms with Crippen molar-refractivity contribution in [3.63, 3.8) is 0 Å². The van der Waals surface area contributed by atoms with Crippen LogP contribution in [-0.2, 0) is 15.0 Å². The molecule has 0 radical (unpaired) electrons. The van der Waals surface area contributed by atoms with Crippen molar-refractivity contribution in [3.8, 4) is 0 Å². The van der Waals surface area contributed by atoms with Crippen molar-refractivity contribution in [1.82, 2.24) is 0 Å². The normalized spacial score (nSPS) is 19.7. The Morgan fingerprint density at radius 2 is 1.38 bits per heavy atom. The summed E-state index contributed by atoms with van der Waals surface area (Å²) in [4.78, 5) is 31.7. The molecular weight excluding hydrogens is 486 g/mol. The highest BCUT2D eigenvalue weighted by Crippen LogP contribution is 2.37. The Morgan fingerprint density at radius 3 is 1.97 bits per heavy atom. The van der Waals surface area contributed by atoms with E-state index in [0.29, 0.717) is 22.8 Å². The van der Waals surface area contributed by atoms with E-state index >= 15 is 0 Å². The van der Waals surface area contributed by atoms with Gasteiger partial charge >= 0.3 is 5.97 Å². The molecule has 1 heterocycles. The van der Waals surface area contributed by atoms with E-state index in [0.717, 1.165) is 11.1 Å². The SMILES string of the molecule is COC(=O)c1ccc(C2=NOC(C(=O)c3ccc(C(C)(C)C)cc3)C2c2ccc(C3CCCCC3)cc2)cc1. The number of ether oxygens (including phenoxy) is 1. The highest BCUT2D eigenvalue weighted by molar-refractivity contribution is 6.12. The molecule has 0 bridgehead atoms. The lowest BCUT2D eigenvalue weighted by molar-refractivity contribution is 0.0516. The largest absolute Gasteiger partial charge is 0.465 e. The second-order valence-electron chi connectivity index (χ2n) is 11.7. The number of methoxy groups -OCH3 is 1. The summed E-state index contributed by atoms with van der Waals surface area (Å²) >= 11 is 0. The molecule has 0 N–H and O–H groups in total. The van der Waals surface area contributed by atoms with E-state index < -0.39 is 12.1 Å². The number of carbonyl (C=O) groups is 2. The smallest absolute Gasteiger partial charge is 0.337 e. The monoisotopic (exact) mass is 523 g/mol. The lowest BCUT2D eigenvalue weighted by Gasteiger charge is -2.23. The van der Waals surface area contributed by atoms with Crippen LogP contribution < -0.4 is 0 Å². The zero-order valence-corrected chi connectivity index (χ0v) is 23.3. The van der Waals surface area contributed by atoms with E-state index in [9.17, 15) is 9.59 Å². The first-order valence-electron chi connectivity index (χ1n) is 13.9. The standard InChI is InChI=1S/C34H37NO4/c1-34(2,3)28-20-18-26(19-21-28)31(36)32-29(24-12-10-23(11-13-24)22-8-6-5-7-9-22)30(35-39-32)25-14-16-27(17-15-25)33(37)38-4/h10-22,29,32H,5-9H2,1-4H3. The van der Waals surface area contributed by atoms with Gasteiger partial charge in [0, 0.05) is 11.1 Å². The van der Waals surface area contributed by atoms with Gasteiger partial charge in [0.25, 0.3) is 0 Å². The van der Waals surface area contributed by atoms with Crippen LogP contribution in [-0.4, -0.2) is 30.7 Å². The zero-order chi connectivity index (χ0) is 27.6. The van der Waals surface area contributed by atoms with E-state index in [1.807, 2.05) is 36.4 Å². The van der Waals surface area contributed by atoms with E-state index in [2.05, 4.69) is 50.2 Å². The Morgan fingerprint density at radius 1 is 0.795 bits per heavy atom. The number of esters is 1. The minimum absolute atomic E-state index is 0.000687. The van der Waals surface area contributed by atoms with Crippen molar-refractivity contribution < 1.29 is 19.2 Å². The van der Waals surface area contributed by atoms with Gasteiger partial charge in [0.2, 0.25) is 11.9 Å². The highest BCUT2D eigenvalue weighted by Gasteiger charge is 2.41. The molecule has 2 unspecified atom stereocenters. The van der Waals surface area contributed by atoms with Crippen LogP contribution in [0.3, 0.4) is 0 Å². The summed E-state index contributed by atoms with van der Waals surface area (Å²) in [5.74, 6) is -0.260. The van der Waals surface area contributed by atoms with Crippen LogP contribution in [0.5, 0.6) is 0 Å². The summed E-state index contributed by atoms with van der Waals surface area (Å²) in [6.45, 7) is 6.47. The molecule has 2 atom stereocenters. The maximum Gasteiger partial charge on any atom is 0.337 e. The van der Waals surface area contributed by atoms with Crippen LogP contribution in [0.25, 0.3) is 0 Å². The van der Waals surface area contributed by atoms with Crippen molar-refractivity contribution in [1.29, 1.82) is 0 Å². The molecule has 1 fully saturated rings. The summed E-state index contributed by atoms with van der Waals surface area (Å²) in [6, 6.07) is 23.6. The van der Waals surface area contributed by atoms with Gasteiger partial charge in [0.15, 0.2) is 0 Å². The number of carbonyl (C=O) groups excluding carboxylic acids is 2. The zero-order valence-electron chi connectivity index (χ0n) is 23.3. The first-order valence-corrected chi connectivity index (χ1v) is 13.9. The first kappa shape index (κ1) is 26.9. The molecule has 3 aromatic rings. The molecule has 39 heavy (non-hydrogen) atoms. The van der Waals surface area contributed by atoms with Gasteiger partial charge in [-0.2, -0.15) is 0 Å².